The fraction of sp³-hybridized carbons (Fsp3) is 0.667. The zero-order chi connectivity index (χ0) is 11.7. The van der Waals surface area contributed by atoms with Crippen molar-refractivity contribution in [2.75, 3.05) is 7.11 Å². The minimum absolute atomic E-state index is 0.0635. The van der Waals surface area contributed by atoms with Crippen LogP contribution in [0.25, 0.3) is 0 Å². The van der Waals surface area contributed by atoms with Gasteiger partial charge in [0, 0.05) is 19.1 Å². The molecule has 0 heterocycles. The summed E-state index contributed by atoms with van der Waals surface area (Å²) in [5.74, 6) is 0.111. The fourth-order valence-electron chi connectivity index (χ4n) is 3.11. The minimum atomic E-state index is -0.415. The van der Waals surface area contributed by atoms with Gasteiger partial charge >= 0.3 is 5.97 Å². The molecule has 5 atom stereocenters. The number of esters is 1. The molecule has 0 aliphatic heterocycles. The second-order valence-electron chi connectivity index (χ2n) is 4.50. The molecule has 0 aromatic heterocycles. The van der Waals surface area contributed by atoms with Gasteiger partial charge in [0.25, 0.3) is 0 Å². The maximum absolute atomic E-state index is 11.2. The molecule has 0 spiro atoms. The summed E-state index contributed by atoms with van der Waals surface area (Å²) in [6.07, 6.45) is 3.53. The van der Waals surface area contributed by atoms with E-state index in [-0.39, 0.29) is 30.0 Å². The number of hydrogen-bond acceptors (Lipinski definition) is 4. The monoisotopic (exact) mass is 224 g/mol. The zero-order valence-electron chi connectivity index (χ0n) is 9.30. The first kappa shape index (κ1) is 11.3. The van der Waals surface area contributed by atoms with Crippen molar-refractivity contribution in [3.8, 4) is 0 Å². The molecule has 16 heavy (non-hydrogen) atoms. The van der Waals surface area contributed by atoms with Gasteiger partial charge in [-0.25, -0.2) is 4.79 Å². The Morgan fingerprint density at radius 2 is 2.12 bits per heavy atom. The van der Waals surface area contributed by atoms with Crippen LogP contribution < -0.4 is 0 Å². The Kier molecular flexibility index (Phi) is 3.10. The molecule has 0 N–H and O–H groups in total. The molecule has 2 bridgehead atoms. The van der Waals surface area contributed by atoms with Crippen LogP contribution in [-0.4, -0.2) is 31.6 Å². The Balaban J connectivity index is 2.08. The largest absolute Gasteiger partial charge is 0.456 e. The van der Waals surface area contributed by atoms with Gasteiger partial charge in [-0.1, -0.05) is 6.58 Å². The van der Waals surface area contributed by atoms with Crippen molar-refractivity contribution >= 4 is 12.3 Å². The van der Waals surface area contributed by atoms with Crippen LogP contribution in [-0.2, 0) is 19.1 Å². The van der Waals surface area contributed by atoms with Crippen LogP contribution in [0.1, 0.15) is 12.8 Å². The third kappa shape index (κ3) is 1.67. The first-order chi connectivity index (χ1) is 7.71. The molecule has 4 heteroatoms. The van der Waals surface area contributed by atoms with Gasteiger partial charge in [0.2, 0.25) is 0 Å². The highest BCUT2D eigenvalue weighted by atomic mass is 16.6. The molecule has 88 valence electrons. The van der Waals surface area contributed by atoms with Gasteiger partial charge in [0.15, 0.2) is 0 Å². The second kappa shape index (κ2) is 4.37. The highest BCUT2D eigenvalue weighted by molar-refractivity contribution is 5.81. The van der Waals surface area contributed by atoms with Crippen molar-refractivity contribution < 1.29 is 19.1 Å². The lowest BCUT2D eigenvalue weighted by atomic mass is 9.86. The number of aldehydes is 1. The molecule has 0 amide bonds. The third-order valence-electron chi connectivity index (χ3n) is 3.78. The SMILES string of the molecule is C=CC(=O)OC1C2CC(C=O)C(C2)C1OC. The average Bonchev–Trinajstić information content (AvgIpc) is 2.85. The average molecular weight is 224 g/mol. The van der Waals surface area contributed by atoms with Crippen molar-refractivity contribution in [1.82, 2.24) is 0 Å². The van der Waals surface area contributed by atoms with Gasteiger partial charge in [-0.3, -0.25) is 0 Å². The Bertz CT molecular complexity index is 312. The first-order valence-corrected chi connectivity index (χ1v) is 5.52. The molecule has 4 nitrogen and oxygen atoms in total. The molecule has 0 radical (unpaired) electrons. The van der Waals surface area contributed by atoms with Crippen LogP contribution in [0.15, 0.2) is 12.7 Å². The van der Waals surface area contributed by atoms with Crippen LogP contribution in [0.2, 0.25) is 0 Å². The lowest BCUT2D eigenvalue weighted by Crippen LogP contribution is -2.41. The first-order valence-electron chi connectivity index (χ1n) is 5.52. The molecule has 2 aliphatic rings. The number of rotatable bonds is 4. The zero-order valence-corrected chi connectivity index (χ0v) is 9.30. The highest BCUT2D eigenvalue weighted by Gasteiger charge is 2.54. The molecule has 2 rings (SSSR count). The summed E-state index contributed by atoms with van der Waals surface area (Å²) in [7, 11) is 1.60. The van der Waals surface area contributed by atoms with Crippen LogP contribution in [0.5, 0.6) is 0 Å². The maximum Gasteiger partial charge on any atom is 0.330 e. The molecular formula is C12H16O4. The van der Waals surface area contributed by atoms with Gasteiger partial charge in [-0.05, 0) is 24.7 Å². The van der Waals surface area contributed by atoms with Crippen LogP contribution in [0.4, 0.5) is 0 Å². The van der Waals surface area contributed by atoms with Crippen molar-refractivity contribution in [3.63, 3.8) is 0 Å². The molecule has 0 aromatic carbocycles. The lowest BCUT2D eigenvalue weighted by Gasteiger charge is -2.31. The number of carbonyl (C=O) groups excluding carboxylic acids is 2. The predicted molar refractivity (Wildman–Crippen MR) is 56.6 cm³/mol. The summed E-state index contributed by atoms with van der Waals surface area (Å²) in [5, 5.41) is 0. The quantitative estimate of drug-likeness (QED) is 0.405. The van der Waals surface area contributed by atoms with E-state index in [0.717, 1.165) is 25.2 Å². The van der Waals surface area contributed by atoms with E-state index in [9.17, 15) is 9.59 Å². The lowest BCUT2D eigenvalue weighted by molar-refractivity contribution is -0.156. The molecule has 5 unspecified atom stereocenters. The summed E-state index contributed by atoms with van der Waals surface area (Å²) < 4.78 is 10.7. The van der Waals surface area contributed by atoms with Crippen LogP contribution >= 0.6 is 0 Å². The van der Waals surface area contributed by atoms with Gasteiger partial charge in [0.1, 0.15) is 12.4 Å². The predicted octanol–water partition coefficient (Wildman–Crippen LogP) is 0.954. The summed E-state index contributed by atoms with van der Waals surface area (Å²) in [4.78, 5) is 22.1. The van der Waals surface area contributed by atoms with Crippen molar-refractivity contribution in [3.05, 3.63) is 12.7 Å². The summed E-state index contributed by atoms with van der Waals surface area (Å²) in [6.45, 7) is 3.38. The summed E-state index contributed by atoms with van der Waals surface area (Å²) in [5.41, 5.74) is 0. The Morgan fingerprint density at radius 1 is 1.38 bits per heavy atom. The van der Waals surface area contributed by atoms with Gasteiger partial charge in [0.05, 0.1) is 6.10 Å². The number of methoxy groups -OCH3 is 1. The normalized spacial score (nSPS) is 40.7. The molecule has 2 saturated carbocycles. The maximum atomic E-state index is 11.2. The van der Waals surface area contributed by atoms with Crippen molar-refractivity contribution in [2.24, 2.45) is 17.8 Å². The van der Waals surface area contributed by atoms with E-state index >= 15 is 0 Å². The number of hydrogen-bond donors (Lipinski definition) is 0. The van der Waals surface area contributed by atoms with Crippen LogP contribution in [0.3, 0.4) is 0 Å². The highest BCUT2D eigenvalue weighted by Crippen LogP contribution is 2.50. The second-order valence-corrected chi connectivity index (χ2v) is 4.50. The van der Waals surface area contributed by atoms with Crippen molar-refractivity contribution in [2.45, 2.75) is 25.0 Å². The van der Waals surface area contributed by atoms with Gasteiger partial charge in [-0.15, -0.1) is 0 Å². The number of ether oxygens (including phenoxy) is 2. The van der Waals surface area contributed by atoms with E-state index in [1.165, 1.54) is 0 Å². The minimum Gasteiger partial charge on any atom is -0.456 e. The van der Waals surface area contributed by atoms with E-state index < -0.39 is 5.97 Å². The Hall–Kier alpha value is -1.16. The number of fused-ring (bicyclic) bond motifs is 2. The third-order valence-corrected chi connectivity index (χ3v) is 3.78. The van der Waals surface area contributed by atoms with Gasteiger partial charge < -0.3 is 14.3 Å². The molecule has 0 aromatic rings. The Morgan fingerprint density at radius 3 is 2.69 bits per heavy atom. The van der Waals surface area contributed by atoms with E-state index in [1.54, 1.807) is 7.11 Å². The topological polar surface area (TPSA) is 52.6 Å². The van der Waals surface area contributed by atoms with E-state index in [2.05, 4.69) is 6.58 Å². The standard InChI is InChI=1S/C12H16O4/c1-3-10(14)16-11-7-4-8(6-13)9(5-7)12(11)15-2/h3,6-9,11-12H,1,4-5H2,2H3. The van der Waals surface area contributed by atoms with E-state index in [1.807, 2.05) is 0 Å². The number of carbonyl (C=O) groups is 2. The van der Waals surface area contributed by atoms with E-state index in [0.29, 0.717) is 0 Å². The molecule has 2 fully saturated rings. The molecule has 2 aliphatic carbocycles. The summed E-state index contributed by atoms with van der Waals surface area (Å²) in [6, 6.07) is 0. The Labute approximate surface area is 94.6 Å². The van der Waals surface area contributed by atoms with Gasteiger partial charge in [-0.2, -0.15) is 0 Å². The smallest absolute Gasteiger partial charge is 0.330 e. The van der Waals surface area contributed by atoms with Crippen molar-refractivity contribution in [1.29, 1.82) is 0 Å². The summed E-state index contributed by atoms with van der Waals surface area (Å²) >= 11 is 0. The molecule has 0 saturated heterocycles. The van der Waals surface area contributed by atoms with E-state index in [4.69, 9.17) is 9.47 Å². The molecular weight excluding hydrogens is 208 g/mol. The van der Waals surface area contributed by atoms with Crippen LogP contribution in [0, 0.1) is 17.8 Å². The fourth-order valence-corrected chi connectivity index (χ4v) is 3.11.